The number of benzene rings is 1. The van der Waals surface area contributed by atoms with Gasteiger partial charge in [-0.1, -0.05) is 30.7 Å². The van der Waals surface area contributed by atoms with Gasteiger partial charge in [0.25, 0.3) is 5.91 Å². The van der Waals surface area contributed by atoms with Crippen molar-refractivity contribution in [2.24, 2.45) is 0 Å². The lowest BCUT2D eigenvalue weighted by Crippen LogP contribution is -2.25. The first kappa shape index (κ1) is 11.1. The molecule has 0 atom stereocenters. The highest BCUT2D eigenvalue weighted by atomic mass is 35.5. The van der Waals surface area contributed by atoms with Crippen LogP contribution in [0.5, 0.6) is 0 Å². The van der Waals surface area contributed by atoms with Crippen LogP contribution in [0, 0.1) is 6.92 Å². The van der Waals surface area contributed by atoms with Crippen molar-refractivity contribution in [3.05, 3.63) is 34.3 Å². The molecule has 0 saturated heterocycles. The summed E-state index contributed by atoms with van der Waals surface area (Å²) in [5, 5.41) is 3.32. The molecule has 3 heteroatoms. The molecule has 1 rings (SSSR count). The van der Waals surface area contributed by atoms with E-state index in [0.29, 0.717) is 17.1 Å². The third-order valence-electron chi connectivity index (χ3n) is 1.98. The summed E-state index contributed by atoms with van der Waals surface area (Å²) >= 11 is 5.94. The highest BCUT2D eigenvalue weighted by Gasteiger charge is 2.11. The minimum atomic E-state index is -0.0880. The number of hydrogen-bond acceptors (Lipinski definition) is 1. The summed E-state index contributed by atoms with van der Waals surface area (Å²) in [6.07, 6.45) is 0.926. The van der Waals surface area contributed by atoms with Crippen LogP contribution in [-0.4, -0.2) is 12.5 Å². The van der Waals surface area contributed by atoms with Gasteiger partial charge in [0.15, 0.2) is 0 Å². The highest BCUT2D eigenvalue weighted by Crippen LogP contribution is 2.18. The summed E-state index contributed by atoms with van der Waals surface area (Å²) in [4.78, 5) is 11.6. The molecule has 0 fully saturated rings. The predicted octanol–water partition coefficient (Wildman–Crippen LogP) is 2.79. The summed E-state index contributed by atoms with van der Waals surface area (Å²) in [6.45, 7) is 4.58. The molecule has 1 aromatic rings. The first-order valence-corrected chi connectivity index (χ1v) is 5.08. The number of amides is 1. The number of hydrogen-bond donors (Lipinski definition) is 1. The van der Waals surface area contributed by atoms with Crippen LogP contribution in [0.1, 0.15) is 29.3 Å². The molecule has 1 aromatic carbocycles. The van der Waals surface area contributed by atoms with E-state index in [-0.39, 0.29) is 5.91 Å². The molecule has 0 bridgehead atoms. The Balaban J connectivity index is 2.89. The van der Waals surface area contributed by atoms with Crippen LogP contribution in [0.2, 0.25) is 5.02 Å². The van der Waals surface area contributed by atoms with Gasteiger partial charge in [0, 0.05) is 6.54 Å². The molecule has 0 aromatic heterocycles. The molecule has 0 unspecified atom stereocenters. The molecule has 0 heterocycles. The van der Waals surface area contributed by atoms with Gasteiger partial charge in [-0.05, 0) is 25.0 Å². The fraction of sp³-hybridized carbons (Fsp3) is 0.364. The SMILES string of the molecule is CCCNC(=O)c1c(C)cccc1Cl. The second-order valence-corrected chi connectivity index (χ2v) is 3.59. The molecular formula is C11H14ClNO. The molecule has 1 amide bonds. The van der Waals surface area contributed by atoms with Crippen LogP contribution in [-0.2, 0) is 0 Å². The van der Waals surface area contributed by atoms with Gasteiger partial charge in [0.2, 0.25) is 0 Å². The fourth-order valence-electron chi connectivity index (χ4n) is 1.25. The van der Waals surface area contributed by atoms with Crippen molar-refractivity contribution < 1.29 is 4.79 Å². The number of rotatable bonds is 3. The third-order valence-corrected chi connectivity index (χ3v) is 2.30. The molecule has 0 aliphatic heterocycles. The molecule has 1 N–H and O–H groups in total. The summed E-state index contributed by atoms with van der Waals surface area (Å²) < 4.78 is 0. The molecule has 76 valence electrons. The van der Waals surface area contributed by atoms with Gasteiger partial charge in [-0.2, -0.15) is 0 Å². The molecular weight excluding hydrogens is 198 g/mol. The maximum absolute atomic E-state index is 11.6. The van der Waals surface area contributed by atoms with Gasteiger partial charge < -0.3 is 5.32 Å². The van der Waals surface area contributed by atoms with E-state index in [9.17, 15) is 4.79 Å². The molecule has 14 heavy (non-hydrogen) atoms. The van der Waals surface area contributed by atoms with Crippen LogP contribution in [0.25, 0.3) is 0 Å². The van der Waals surface area contributed by atoms with Gasteiger partial charge >= 0.3 is 0 Å². The van der Waals surface area contributed by atoms with Crippen LogP contribution in [0.15, 0.2) is 18.2 Å². The van der Waals surface area contributed by atoms with Gasteiger partial charge in [0.05, 0.1) is 10.6 Å². The average molecular weight is 212 g/mol. The van der Waals surface area contributed by atoms with E-state index in [1.807, 2.05) is 26.0 Å². The Bertz CT molecular complexity index is 316. The monoisotopic (exact) mass is 211 g/mol. The number of aryl methyl sites for hydroxylation is 1. The Kier molecular flexibility index (Phi) is 3.96. The second kappa shape index (κ2) is 5.01. The third kappa shape index (κ3) is 2.48. The second-order valence-electron chi connectivity index (χ2n) is 3.19. The van der Waals surface area contributed by atoms with Gasteiger partial charge in [0.1, 0.15) is 0 Å². The lowest BCUT2D eigenvalue weighted by atomic mass is 10.1. The van der Waals surface area contributed by atoms with Crippen molar-refractivity contribution in [1.29, 1.82) is 0 Å². The van der Waals surface area contributed by atoms with Crippen LogP contribution in [0.4, 0.5) is 0 Å². The number of halogens is 1. The number of carbonyl (C=O) groups excluding carboxylic acids is 1. The Morgan fingerprint density at radius 3 is 2.79 bits per heavy atom. The van der Waals surface area contributed by atoms with Gasteiger partial charge in [-0.25, -0.2) is 0 Å². The number of nitrogens with one attached hydrogen (secondary N) is 1. The van der Waals surface area contributed by atoms with E-state index in [1.165, 1.54) is 0 Å². The van der Waals surface area contributed by atoms with Crippen molar-refractivity contribution in [3.63, 3.8) is 0 Å². The highest BCUT2D eigenvalue weighted by molar-refractivity contribution is 6.34. The molecule has 0 aliphatic carbocycles. The van der Waals surface area contributed by atoms with Crippen LogP contribution in [0.3, 0.4) is 0 Å². The smallest absolute Gasteiger partial charge is 0.253 e. The summed E-state index contributed by atoms with van der Waals surface area (Å²) in [7, 11) is 0. The van der Waals surface area contributed by atoms with E-state index < -0.39 is 0 Å². The maximum Gasteiger partial charge on any atom is 0.253 e. The van der Waals surface area contributed by atoms with Crippen molar-refractivity contribution in [2.75, 3.05) is 6.54 Å². The molecule has 2 nitrogen and oxygen atoms in total. The predicted molar refractivity (Wildman–Crippen MR) is 58.8 cm³/mol. The van der Waals surface area contributed by atoms with Crippen LogP contribution >= 0.6 is 11.6 Å². The fourth-order valence-corrected chi connectivity index (χ4v) is 1.55. The average Bonchev–Trinajstić information content (AvgIpc) is 2.14. The Labute approximate surface area is 89.3 Å². The summed E-state index contributed by atoms with van der Waals surface area (Å²) in [5.74, 6) is -0.0880. The standard InChI is InChI=1S/C11H14ClNO/c1-3-7-13-11(14)10-8(2)5-4-6-9(10)12/h4-6H,3,7H2,1-2H3,(H,13,14). The topological polar surface area (TPSA) is 29.1 Å². The van der Waals surface area contributed by atoms with Crippen LogP contribution < -0.4 is 5.32 Å². The van der Waals surface area contributed by atoms with E-state index in [0.717, 1.165) is 12.0 Å². The minimum absolute atomic E-state index is 0.0880. The van der Waals surface area contributed by atoms with Crippen molar-refractivity contribution in [3.8, 4) is 0 Å². The zero-order valence-corrected chi connectivity index (χ0v) is 9.19. The Morgan fingerprint density at radius 1 is 1.50 bits per heavy atom. The van der Waals surface area contributed by atoms with Crippen molar-refractivity contribution in [1.82, 2.24) is 5.32 Å². The minimum Gasteiger partial charge on any atom is -0.352 e. The number of carbonyl (C=O) groups is 1. The van der Waals surface area contributed by atoms with E-state index in [1.54, 1.807) is 6.07 Å². The van der Waals surface area contributed by atoms with Crippen molar-refractivity contribution >= 4 is 17.5 Å². The van der Waals surface area contributed by atoms with E-state index in [4.69, 9.17) is 11.6 Å². The van der Waals surface area contributed by atoms with E-state index >= 15 is 0 Å². The molecule has 0 radical (unpaired) electrons. The first-order chi connectivity index (χ1) is 6.66. The maximum atomic E-state index is 11.6. The first-order valence-electron chi connectivity index (χ1n) is 4.70. The van der Waals surface area contributed by atoms with Crippen molar-refractivity contribution in [2.45, 2.75) is 20.3 Å². The van der Waals surface area contributed by atoms with E-state index in [2.05, 4.69) is 5.32 Å². The molecule has 0 saturated carbocycles. The zero-order valence-electron chi connectivity index (χ0n) is 8.43. The van der Waals surface area contributed by atoms with Gasteiger partial charge in [-0.3, -0.25) is 4.79 Å². The van der Waals surface area contributed by atoms with Gasteiger partial charge in [-0.15, -0.1) is 0 Å². The Morgan fingerprint density at radius 2 is 2.21 bits per heavy atom. The largest absolute Gasteiger partial charge is 0.352 e. The zero-order chi connectivity index (χ0) is 10.6. The molecule has 0 aliphatic rings. The summed E-state index contributed by atoms with van der Waals surface area (Å²) in [6, 6.07) is 5.45. The normalized spacial score (nSPS) is 9.93. The quantitative estimate of drug-likeness (QED) is 0.819. The summed E-state index contributed by atoms with van der Waals surface area (Å²) in [5.41, 5.74) is 1.49. The lowest BCUT2D eigenvalue weighted by Gasteiger charge is -2.07. The Hall–Kier alpha value is -1.02. The lowest BCUT2D eigenvalue weighted by molar-refractivity contribution is 0.0953. The molecule has 0 spiro atoms.